The third-order valence-electron chi connectivity index (χ3n) is 3.25. The lowest BCUT2D eigenvalue weighted by molar-refractivity contribution is 0.179. The quantitative estimate of drug-likeness (QED) is 0.756. The molecule has 0 aromatic rings. The van der Waals surface area contributed by atoms with E-state index >= 15 is 0 Å². The lowest BCUT2D eigenvalue weighted by atomic mass is 9.99. The van der Waals surface area contributed by atoms with Gasteiger partial charge >= 0.3 is 0 Å². The molecule has 14 heavy (non-hydrogen) atoms. The van der Waals surface area contributed by atoms with Crippen LogP contribution in [0, 0.1) is 0 Å². The fourth-order valence-electron chi connectivity index (χ4n) is 2.54. The molecule has 0 aromatic heterocycles. The van der Waals surface area contributed by atoms with Crippen LogP contribution in [0.1, 0.15) is 32.6 Å². The van der Waals surface area contributed by atoms with Crippen LogP contribution in [0.2, 0.25) is 0 Å². The molecule has 0 saturated carbocycles. The molecule has 0 aliphatic carbocycles. The molecule has 2 atom stereocenters. The van der Waals surface area contributed by atoms with Crippen molar-refractivity contribution in [2.45, 2.75) is 44.7 Å². The lowest BCUT2D eigenvalue weighted by Gasteiger charge is -2.34. The molecule has 2 saturated heterocycles. The van der Waals surface area contributed by atoms with Crippen molar-refractivity contribution in [3.8, 4) is 0 Å². The predicted molar refractivity (Wildman–Crippen MR) is 65.8 cm³/mol. The number of rotatable bonds is 1. The Morgan fingerprint density at radius 3 is 2.36 bits per heavy atom. The number of likely N-dealkylation sites (tertiary alicyclic amines) is 1. The van der Waals surface area contributed by atoms with Gasteiger partial charge in [0, 0.05) is 12.1 Å². The van der Waals surface area contributed by atoms with E-state index < -0.39 is 0 Å². The second-order valence-corrected chi connectivity index (χ2v) is 4.28. The third-order valence-corrected chi connectivity index (χ3v) is 3.25. The van der Waals surface area contributed by atoms with Gasteiger partial charge in [0.15, 0.2) is 0 Å². The van der Waals surface area contributed by atoms with E-state index in [9.17, 15) is 0 Å². The highest BCUT2D eigenvalue weighted by Crippen LogP contribution is 2.20. The Morgan fingerprint density at radius 2 is 1.79 bits per heavy atom. The Labute approximate surface area is 99.6 Å². The van der Waals surface area contributed by atoms with Gasteiger partial charge in [-0.15, -0.1) is 24.8 Å². The summed E-state index contributed by atoms with van der Waals surface area (Å²) in [4.78, 5) is 2.69. The molecule has 1 N–H and O–H groups in total. The SMILES string of the molecule is C[C@H]1C[C@H](N2CCCC2)CCN1.Cl.Cl. The maximum Gasteiger partial charge on any atom is 0.0122 e. The van der Waals surface area contributed by atoms with Crippen molar-refractivity contribution in [1.82, 2.24) is 10.2 Å². The third kappa shape index (κ3) is 3.58. The Morgan fingerprint density at radius 1 is 1.14 bits per heavy atom. The van der Waals surface area contributed by atoms with Gasteiger partial charge in [0.1, 0.15) is 0 Å². The predicted octanol–water partition coefficient (Wildman–Crippen LogP) is 2.07. The fraction of sp³-hybridized carbons (Fsp3) is 1.00. The van der Waals surface area contributed by atoms with E-state index in [-0.39, 0.29) is 24.8 Å². The average molecular weight is 241 g/mol. The minimum absolute atomic E-state index is 0. The first kappa shape index (κ1) is 14.5. The normalized spacial score (nSPS) is 33.2. The maximum absolute atomic E-state index is 3.51. The summed E-state index contributed by atoms with van der Waals surface area (Å²) in [6, 6.07) is 1.63. The minimum atomic E-state index is 0. The van der Waals surface area contributed by atoms with Crippen molar-refractivity contribution >= 4 is 24.8 Å². The van der Waals surface area contributed by atoms with Gasteiger partial charge in [-0.2, -0.15) is 0 Å². The van der Waals surface area contributed by atoms with Crippen LogP contribution in [0.4, 0.5) is 0 Å². The largest absolute Gasteiger partial charge is 0.314 e. The highest BCUT2D eigenvalue weighted by molar-refractivity contribution is 5.85. The minimum Gasteiger partial charge on any atom is -0.314 e. The van der Waals surface area contributed by atoms with Gasteiger partial charge < -0.3 is 10.2 Å². The second kappa shape index (κ2) is 6.89. The molecule has 0 aromatic carbocycles. The fourth-order valence-corrected chi connectivity index (χ4v) is 2.54. The van der Waals surface area contributed by atoms with Crippen molar-refractivity contribution in [1.29, 1.82) is 0 Å². The molecule has 0 radical (unpaired) electrons. The molecule has 0 unspecified atom stereocenters. The summed E-state index contributed by atoms with van der Waals surface area (Å²) in [6.45, 7) is 6.25. The number of nitrogens with zero attached hydrogens (tertiary/aromatic N) is 1. The molecule has 2 aliphatic rings. The molecule has 2 heterocycles. The molecular formula is C10H22Cl2N2. The molecule has 86 valence electrons. The summed E-state index contributed by atoms with van der Waals surface area (Å²) in [5.74, 6) is 0. The lowest BCUT2D eigenvalue weighted by Crippen LogP contribution is -2.45. The summed E-state index contributed by atoms with van der Waals surface area (Å²) < 4.78 is 0. The Hall–Kier alpha value is 0.500. The van der Waals surface area contributed by atoms with Crippen LogP contribution >= 0.6 is 24.8 Å². The zero-order chi connectivity index (χ0) is 8.39. The van der Waals surface area contributed by atoms with Crippen LogP contribution < -0.4 is 5.32 Å². The number of nitrogens with one attached hydrogen (secondary N) is 1. The first-order valence-electron chi connectivity index (χ1n) is 5.33. The standard InChI is InChI=1S/C10H20N2.2ClH/c1-9-8-10(4-5-11-9)12-6-2-3-7-12;;/h9-11H,2-8H2,1H3;2*1H/t9-,10+;;/m0../s1. The van der Waals surface area contributed by atoms with Crippen molar-refractivity contribution < 1.29 is 0 Å². The zero-order valence-electron chi connectivity index (χ0n) is 8.87. The highest BCUT2D eigenvalue weighted by atomic mass is 35.5. The molecule has 0 amide bonds. The highest BCUT2D eigenvalue weighted by Gasteiger charge is 2.25. The number of hydrogen-bond donors (Lipinski definition) is 1. The summed E-state index contributed by atoms with van der Waals surface area (Å²) in [6.07, 6.45) is 5.58. The van der Waals surface area contributed by atoms with E-state index in [2.05, 4.69) is 17.1 Å². The van der Waals surface area contributed by atoms with Gasteiger partial charge in [-0.1, -0.05) is 0 Å². The van der Waals surface area contributed by atoms with Gasteiger partial charge in [-0.3, -0.25) is 0 Å². The Kier molecular flexibility index (Phi) is 7.13. The number of hydrogen-bond acceptors (Lipinski definition) is 2. The molecule has 0 spiro atoms. The molecule has 2 fully saturated rings. The summed E-state index contributed by atoms with van der Waals surface area (Å²) >= 11 is 0. The Bertz CT molecular complexity index is 149. The van der Waals surface area contributed by atoms with Gasteiger partial charge in [0.25, 0.3) is 0 Å². The molecule has 2 aliphatic heterocycles. The van der Waals surface area contributed by atoms with Crippen LogP contribution in [0.5, 0.6) is 0 Å². The van der Waals surface area contributed by atoms with Crippen molar-refractivity contribution in [2.75, 3.05) is 19.6 Å². The van der Waals surface area contributed by atoms with E-state index in [4.69, 9.17) is 0 Å². The molecule has 2 nitrogen and oxygen atoms in total. The van der Waals surface area contributed by atoms with E-state index in [0.717, 1.165) is 12.1 Å². The molecule has 4 heteroatoms. The summed E-state index contributed by atoms with van der Waals surface area (Å²) in [7, 11) is 0. The van der Waals surface area contributed by atoms with Crippen LogP contribution in [-0.2, 0) is 0 Å². The van der Waals surface area contributed by atoms with Crippen LogP contribution in [0.25, 0.3) is 0 Å². The van der Waals surface area contributed by atoms with E-state index in [1.165, 1.54) is 45.3 Å². The molecule has 2 rings (SSSR count). The van der Waals surface area contributed by atoms with E-state index in [1.54, 1.807) is 0 Å². The monoisotopic (exact) mass is 240 g/mol. The van der Waals surface area contributed by atoms with Gasteiger partial charge in [0.2, 0.25) is 0 Å². The summed E-state index contributed by atoms with van der Waals surface area (Å²) in [5.41, 5.74) is 0. The summed E-state index contributed by atoms with van der Waals surface area (Å²) in [5, 5.41) is 3.51. The molecule has 0 bridgehead atoms. The topological polar surface area (TPSA) is 15.3 Å². The average Bonchev–Trinajstić information content (AvgIpc) is 2.56. The first-order valence-corrected chi connectivity index (χ1v) is 5.33. The maximum atomic E-state index is 3.51. The van der Waals surface area contributed by atoms with Crippen LogP contribution in [0.3, 0.4) is 0 Å². The van der Waals surface area contributed by atoms with Crippen molar-refractivity contribution in [3.63, 3.8) is 0 Å². The Balaban J connectivity index is 0.000000845. The van der Waals surface area contributed by atoms with Crippen LogP contribution in [0.15, 0.2) is 0 Å². The van der Waals surface area contributed by atoms with Gasteiger partial charge in [0.05, 0.1) is 0 Å². The molecular weight excluding hydrogens is 219 g/mol. The zero-order valence-corrected chi connectivity index (χ0v) is 10.5. The van der Waals surface area contributed by atoms with E-state index in [1.807, 2.05) is 0 Å². The number of piperidine rings is 1. The van der Waals surface area contributed by atoms with E-state index in [0.29, 0.717) is 0 Å². The van der Waals surface area contributed by atoms with Crippen molar-refractivity contribution in [2.24, 2.45) is 0 Å². The first-order chi connectivity index (χ1) is 5.86. The second-order valence-electron chi connectivity index (χ2n) is 4.28. The van der Waals surface area contributed by atoms with Gasteiger partial charge in [-0.25, -0.2) is 0 Å². The van der Waals surface area contributed by atoms with Gasteiger partial charge in [-0.05, 0) is 52.2 Å². The smallest absolute Gasteiger partial charge is 0.0122 e. The number of halogens is 2. The van der Waals surface area contributed by atoms with Crippen LogP contribution in [-0.4, -0.2) is 36.6 Å². The van der Waals surface area contributed by atoms with Crippen molar-refractivity contribution in [3.05, 3.63) is 0 Å².